The zero-order chi connectivity index (χ0) is 21.0. The van der Waals surface area contributed by atoms with Gasteiger partial charge >= 0.3 is 6.09 Å². The van der Waals surface area contributed by atoms with Crippen molar-refractivity contribution in [3.8, 4) is 11.5 Å². The summed E-state index contributed by atoms with van der Waals surface area (Å²) in [6, 6.07) is 12.1. The van der Waals surface area contributed by atoms with E-state index in [4.69, 9.17) is 14.2 Å². The zero-order valence-corrected chi connectivity index (χ0v) is 17.1. The highest BCUT2D eigenvalue weighted by molar-refractivity contribution is 5.96. The van der Waals surface area contributed by atoms with Crippen LogP contribution in [-0.2, 0) is 4.74 Å². The van der Waals surface area contributed by atoms with Gasteiger partial charge in [0, 0.05) is 11.3 Å². The maximum Gasteiger partial charge on any atom is 0.412 e. The van der Waals surface area contributed by atoms with Gasteiger partial charge in [-0.25, -0.2) is 4.79 Å². The molecule has 0 aromatic heterocycles. The van der Waals surface area contributed by atoms with Crippen LogP contribution in [0, 0.1) is 0 Å². The second kappa shape index (κ2) is 8.43. The normalized spacial score (nSPS) is 13.9. The fourth-order valence-electron chi connectivity index (χ4n) is 2.85. The number of hydrogen-bond acceptors (Lipinski definition) is 5. The minimum Gasteiger partial charge on any atom is -0.486 e. The molecule has 3 rings (SSSR count). The molecule has 29 heavy (non-hydrogen) atoms. The number of carbonyl (C=O) groups is 2. The van der Waals surface area contributed by atoms with Crippen molar-refractivity contribution in [2.45, 2.75) is 39.3 Å². The van der Waals surface area contributed by atoms with E-state index in [1.54, 1.807) is 45.0 Å². The topological polar surface area (TPSA) is 85.9 Å². The molecule has 1 heterocycles. The van der Waals surface area contributed by atoms with Crippen molar-refractivity contribution in [1.82, 2.24) is 5.32 Å². The molecule has 0 fully saturated rings. The predicted molar refractivity (Wildman–Crippen MR) is 110 cm³/mol. The Hall–Kier alpha value is -3.22. The molecule has 0 radical (unpaired) electrons. The van der Waals surface area contributed by atoms with Gasteiger partial charge in [0.1, 0.15) is 18.8 Å². The highest BCUT2D eigenvalue weighted by Crippen LogP contribution is 2.32. The van der Waals surface area contributed by atoms with Crippen LogP contribution in [-0.4, -0.2) is 30.8 Å². The Balaban J connectivity index is 1.65. The number of hydrogen-bond donors (Lipinski definition) is 2. The third-order valence-electron chi connectivity index (χ3n) is 4.18. The monoisotopic (exact) mass is 398 g/mol. The third-order valence-corrected chi connectivity index (χ3v) is 4.18. The Morgan fingerprint density at radius 1 is 1.03 bits per heavy atom. The van der Waals surface area contributed by atoms with Gasteiger partial charge in [-0.3, -0.25) is 10.1 Å². The van der Waals surface area contributed by atoms with E-state index in [2.05, 4.69) is 10.6 Å². The van der Waals surface area contributed by atoms with E-state index in [9.17, 15) is 9.59 Å². The second-order valence-electron chi connectivity index (χ2n) is 7.81. The maximum absolute atomic E-state index is 12.7. The molecule has 1 aliphatic heterocycles. The largest absolute Gasteiger partial charge is 0.486 e. The summed E-state index contributed by atoms with van der Waals surface area (Å²) in [5.74, 6) is 1.14. The molecule has 7 heteroatoms. The average molecular weight is 398 g/mol. The lowest BCUT2D eigenvalue weighted by atomic mass is 10.1. The van der Waals surface area contributed by atoms with Crippen LogP contribution in [0.5, 0.6) is 11.5 Å². The van der Waals surface area contributed by atoms with Gasteiger partial charge in [0.25, 0.3) is 5.91 Å². The van der Waals surface area contributed by atoms with E-state index in [0.717, 1.165) is 5.56 Å². The molecule has 1 aliphatic rings. The number of fused-ring (bicyclic) bond motifs is 1. The molecule has 0 saturated heterocycles. The number of amides is 2. The number of anilines is 1. The lowest BCUT2D eigenvalue weighted by Gasteiger charge is -2.21. The average Bonchev–Trinajstić information content (AvgIpc) is 2.66. The van der Waals surface area contributed by atoms with Gasteiger partial charge in [0.2, 0.25) is 0 Å². The Kier molecular flexibility index (Phi) is 5.96. The highest BCUT2D eigenvalue weighted by Gasteiger charge is 2.18. The van der Waals surface area contributed by atoms with Gasteiger partial charge in [-0.15, -0.1) is 0 Å². The van der Waals surface area contributed by atoms with Gasteiger partial charge in [0.05, 0.1) is 6.04 Å². The fraction of sp³-hybridized carbons (Fsp3) is 0.364. The molecule has 2 aromatic rings. The Labute approximate surface area is 170 Å². The predicted octanol–water partition coefficient (Wildman–Crippen LogP) is 4.30. The first kappa shape index (κ1) is 20.5. The van der Waals surface area contributed by atoms with Gasteiger partial charge < -0.3 is 19.5 Å². The van der Waals surface area contributed by atoms with Crippen molar-refractivity contribution < 1.29 is 23.8 Å². The van der Waals surface area contributed by atoms with Crippen molar-refractivity contribution >= 4 is 17.7 Å². The first-order valence-corrected chi connectivity index (χ1v) is 9.52. The lowest BCUT2D eigenvalue weighted by molar-refractivity contribution is 0.0635. The second-order valence-corrected chi connectivity index (χ2v) is 7.81. The standard InChI is InChI=1S/C22H26N2O5/c1-14(15-8-9-18-19(13-15)28-11-10-27-18)23-20(25)16-6-5-7-17(12-16)24-21(26)29-22(2,3)4/h5-9,12-14H,10-11H2,1-4H3,(H,23,25)(H,24,26)/t14-/m0/s1. The van der Waals surface area contributed by atoms with Crippen LogP contribution >= 0.6 is 0 Å². The van der Waals surface area contributed by atoms with E-state index >= 15 is 0 Å². The van der Waals surface area contributed by atoms with Crippen LogP contribution in [0.1, 0.15) is 49.7 Å². The molecule has 0 aliphatic carbocycles. The number of ether oxygens (including phenoxy) is 3. The molecule has 7 nitrogen and oxygen atoms in total. The summed E-state index contributed by atoms with van der Waals surface area (Å²) in [5.41, 5.74) is 1.23. The van der Waals surface area contributed by atoms with E-state index in [-0.39, 0.29) is 11.9 Å². The number of benzene rings is 2. The van der Waals surface area contributed by atoms with Crippen LogP contribution in [0.4, 0.5) is 10.5 Å². The summed E-state index contributed by atoms with van der Waals surface area (Å²) >= 11 is 0. The van der Waals surface area contributed by atoms with Crippen molar-refractivity contribution in [3.05, 3.63) is 53.6 Å². The van der Waals surface area contributed by atoms with Crippen LogP contribution in [0.15, 0.2) is 42.5 Å². The molecule has 2 N–H and O–H groups in total. The molecule has 1 atom stereocenters. The number of carbonyl (C=O) groups excluding carboxylic acids is 2. The van der Waals surface area contributed by atoms with E-state index in [1.165, 1.54) is 0 Å². The summed E-state index contributed by atoms with van der Waals surface area (Å²) in [7, 11) is 0. The maximum atomic E-state index is 12.7. The molecule has 0 bridgehead atoms. The van der Waals surface area contributed by atoms with Crippen molar-refractivity contribution in [2.24, 2.45) is 0 Å². The van der Waals surface area contributed by atoms with Crippen LogP contribution in [0.25, 0.3) is 0 Å². The Bertz CT molecular complexity index is 904. The van der Waals surface area contributed by atoms with Gasteiger partial charge in [0.15, 0.2) is 11.5 Å². The highest BCUT2D eigenvalue weighted by atomic mass is 16.6. The van der Waals surface area contributed by atoms with Gasteiger partial charge in [-0.2, -0.15) is 0 Å². The molecular weight excluding hydrogens is 372 g/mol. The Morgan fingerprint density at radius 3 is 2.48 bits per heavy atom. The van der Waals surface area contributed by atoms with Gasteiger partial charge in [-0.05, 0) is 63.6 Å². The summed E-state index contributed by atoms with van der Waals surface area (Å²) < 4.78 is 16.4. The lowest BCUT2D eigenvalue weighted by Crippen LogP contribution is -2.28. The van der Waals surface area contributed by atoms with Crippen LogP contribution in [0.3, 0.4) is 0 Å². The summed E-state index contributed by atoms with van der Waals surface area (Å²) in [6.45, 7) is 8.30. The van der Waals surface area contributed by atoms with Crippen molar-refractivity contribution in [3.63, 3.8) is 0 Å². The third kappa shape index (κ3) is 5.63. The van der Waals surface area contributed by atoms with Crippen molar-refractivity contribution in [2.75, 3.05) is 18.5 Å². The quantitative estimate of drug-likeness (QED) is 0.802. The first-order valence-electron chi connectivity index (χ1n) is 9.52. The SMILES string of the molecule is C[C@H](NC(=O)c1cccc(NC(=O)OC(C)(C)C)c1)c1ccc2c(c1)OCCO2. The van der Waals surface area contributed by atoms with Gasteiger partial charge in [-0.1, -0.05) is 12.1 Å². The molecule has 2 aromatic carbocycles. The summed E-state index contributed by atoms with van der Waals surface area (Å²) in [4.78, 5) is 24.6. The minimum absolute atomic E-state index is 0.235. The zero-order valence-electron chi connectivity index (χ0n) is 17.1. The Morgan fingerprint density at radius 2 is 1.76 bits per heavy atom. The summed E-state index contributed by atoms with van der Waals surface area (Å²) in [6.07, 6.45) is -0.570. The van der Waals surface area contributed by atoms with E-state index in [1.807, 2.05) is 25.1 Å². The van der Waals surface area contributed by atoms with E-state index in [0.29, 0.717) is 36.0 Å². The minimum atomic E-state index is -0.599. The smallest absolute Gasteiger partial charge is 0.412 e. The molecular formula is C22H26N2O5. The molecule has 0 spiro atoms. The van der Waals surface area contributed by atoms with Crippen molar-refractivity contribution in [1.29, 1.82) is 0 Å². The molecule has 2 amide bonds. The molecule has 0 unspecified atom stereocenters. The van der Waals surface area contributed by atoms with Crippen LogP contribution < -0.4 is 20.1 Å². The number of rotatable bonds is 4. The first-order chi connectivity index (χ1) is 13.7. The van der Waals surface area contributed by atoms with Crippen LogP contribution in [0.2, 0.25) is 0 Å². The summed E-state index contributed by atoms with van der Waals surface area (Å²) in [5, 5.41) is 5.60. The number of nitrogens with one attached hydrogen (secondary N) is 2. The molecule has 154 valence electrons. The fourth-order valence-corrected chi connectivity index (χ4v) is 2.85. The molecule has 0 saturated carbocycles. The van der Waals surface area contributed by atoms with E-state index < -0.39 is 11.7 Å².